The Morgan fingerprint density at radius 3 is 2.77 bits per heavy atom. The summed E-state index contributed by atoms with van der Waals surface area (Å²) in [4.78, 5) is 2.86. The molecule has 0 spiro atoms. The minimum absolute atomic E-state index is 0.359. The number of hydrogen-bond acceptors (Lipinski definition) is 3. The Morgan fingerprint density at radius 2 is 2.31 bits per heavy atom. The Bertz CT molecular complexity index is 264. The quantitative estimate of drug-likeness (QED) is 0.624. The van der Waals surface area contributed by atoms with E-state index in [0.29, 0.717) is 12.2 Å². The molecule has 0 saturated heterocycles. The molecule has 74 valence electrons. The lowest BCUT2D eigenvalue weighted by Gasteiger charge is -2.15. The summed E-state index contributed by atoms with van der Waals surface area (Å²) in [6.45, 7) is 0.359. The van der Waals surface area contributed by atoms with E-state index in [-0.39, 0.29) is 0 Å². The Kier molecular flexibility index (Phi) is 3.92. The molecule has 5 heteroatoms. The van der Waals surface area contributed by atoms with E-state index in [9.17, 15) is 10.2 Å². The van der Waals surface area contributed by atoms with E-state index in [1.165, 1.54) is 0 Å². The molecule has 4 N–H and O–H groups in total. The molecule has 1 rings (SSSR count). The van der Waals surface area contributed by atoms with Crippen LogP contribution in [0.4, 0.5) is 0 Å². The minimum atomic E-state index is -0.876. The van der Waals surface area contributed by atoms with Crippen molar-refractivity contribution in [3.8, 4) is 0 Å². The van der Waals surface area contributed by atoms with Crippen LogP contribution in [0.1, 0.15) is 11.8 Å². The lowest BCUT2D eigenvalue weighted by Crippen LogP contribution is -2.29. The van der Waals surface area contributed by atoms with E-state index in [1.807, 2.05) is 0 Å². The zero-order valence-corrected chi connectivity index (χ0v) is 8.87. The number of H-pyrrole nitrogens is 1. The van der Waals surface area contributed by atoms with Crippen molar-refractivity contribution in [3.63, 3.8) is 0 Å². The second-order valence-corrected chi connectivity index (χ2v) is 3.76. The summed E-state index contributed by atoms with van der Waals surface area (Å²) in [6, 6.07) is 1.74. The summed E-state index contributed by atoms with van der Waals surface area (Å²) in [7, 11) is 1.72. The monoisotopic (exact) mass is 248 g/mol. The van der Waals surface area contributed by atoms with Gasteiger partial charge in [-0.05, 0) is 29.0 Å². The van der Waals surface area contributed by atoms with Crippen molar-refractivity contribution in [1.29, 1.82) is 0 Å². The van der Waals surface area contributed by atoms with Gasteiger partial charge in [0.05, 0.1) is 6.10 Å². The van der Waals surface area contributed by atoms with Gasteiger partial charge in [-0.1, -0.05) is 0 Å². The van der Waals surface area contributed by atoms with Crippen LogP contribution >= 0.6 is 15.9 Å². The Labute approximate surface area is 85.1 Å². The topological polar surface area (TPSA) is 68.3 Å². The van der Waals surface area contributed by atoms with Crippen molar-refractivity contribution in [2.75, 3.05) is 13.6 Å². The number of halogens is 1. The molecule has 2 unspecified atom stereocenters. The third kappa shape index (κ3) is 2.80. The van der Waals surface area contributed by atoms with E-state index < -0.39 is 12.2 Å². The van der Waals surface area contributed by atoms with Crippen LogP contribution in [0.25, 0.3) is 0 Å². The standard InChI is InChI=1S/C8H13BrN2O2/c1-10-4-7(12)8(13)6-2-5(9)3-11-6/h2-3,7-8,10-13H,4H2,1H3. The van der Waals surface area contributed by atoms with Crippen LogP contribution in [0.15, 0.2) is 16.7 Å². The molecule has 0 amide bonds. The normalized spacial score (nSPS) is 15.7. The van der Waals surface area contributed by atoms with Crippen molar-refractivity contribution in [2.24, 2.45) is 0 Å². The third-order valence-electron chi connectivity index (χ3n) is 1.77. The van der Waals surface area contributed by atoms with E-state index in [0.717, 1.165) is 4.47 Å². The SMILES string of the molecule is CNCC(O)C(O)c1cc(Br)c[nH]1. The van der Waals surface area contributed by atoms with Crippen LogP contribution in [0, 0.1) is 0 Å². The van der Waals surface area contributed by atoms with Crippen molar-refractivity contribution >= 4 is 15.9 Å². The minimum Gasteiger partial charge on any atom is -0.389 e. The summed E-state index contributed by atoms with van der Waals surface area (Å²) in [6.07, 6.45) is 0.0410. The number of aliphatic hydroxyl groups is 2. The highest BCUT2D eigenvalue weighted by molar-refractivity contribution is 9.10. The van der Waals surface area contributed by atoms with Gasteiger partial charge in [-0.2, -0.15) is 0 Å². The van der Waals surface area contributed by atoms with Gasteiger partial charge in [-0.3, -0.25) is 0 Å². The van der Waals surface area contributed by atoms with Crippen LogP contribution < -0.4 is 5.32 Å². The molecule has 0 bridgehead atoms. The summed E-state index contributed by atoms with van der Waals surface area (Å²) in [5.74, 6) is 0. The molecule has 0 radical (unpaired) electrons. The van der Waals surface area contributed by atoms with Gasteiger partial charge in [0.2, 0.25) is 0 Å². The Balaban J connectivity index is 2.61. The van der Waals surface area contributed by atoms with Gasteiger partial charge in [0.25, 0.3) is 0 Å². The second-order valence-electron chi connectivity index (χ2n) is 2.84. The van der Waals surface area contributed by atoms with Gasteiger partial charge in [0, 0.05) is 22.9 Å². The summed E-state index contributed by atoms with van der Waals surface area (Å²) >= 11 is 3.25. The van der Waals surface area contributed by atoms with E-state index in [2.05, 4.69) is 26.2 Å². The molecule has 13 heavy (non-hydrogen) atoms. The third-order valence-corrected chi connectivity index (χ3v) is 2.22. The molecule has 0 fully saturated rings. The number of nitrogens with one attached hydrogen (secondary N) is 2. The van der Waals surface area contributed by atoms with Crippen molar-refractivity contribution in [2.45, 2.75) is 12.2 Å². The molecule has 2 atom stereocenters. The number of aromatic amines is 1. The predicted molar refractivity (Wildman–Crippen MR) is 53.4 cm³/mol. The van der Waals surface area contributed by atoms with Crippen LogP contribution in [-0.2, 0) is 0 Å². The fraction of sp³-hybridized carbons (Fsp3) is 0.500. The lowest BCUT2D eigenvalue weighted by molar-refractivity contribution is 0.0180. The molecule has 0 aliphatic carbocycles. The fourth-order valence-corrected chi connectivity index (χ4v) is 1.44. The zero-order chi connectivity index (χ0) is 9.84. The molecule has 0 saturated carbocycles. The highest BCUT2D eigenvalue weighted by Crippen LogP contribution is 2.19. The molecule has 0 aliphatic rings. The number of rotatable bonds is 4. The number of aromatic nitrogens is 1. The maximum atomic E-state index is 9.59. The van der Waals surface area contributed by atoms with Crippen molar-refractivity contribution < 1.29 is 10.2 Å². The van der Waals surface area contributed by atoms with Crippen LogP contribution in [-0.4, -0.2) is 34.9 Å². The second kappa shape index (κ2) is 4.76. The molecule has 1 heterocycles. The largest absolute Gasteiger partial charge is 0.389 e. The highest BCUT2D eigenvalue weighted by atomic mass is 79.9. The maximum Gasteiger partial charge on any atom is 0.121 e. The maximum absolute atomic E-state index is 9.59. The Morgan fingerprint density at radius 1 is 1.62 bits per heavy atom. The van der Waals surface area contributed by atoms with Gasteiger partial charge in [-0.25, -0.2) is 0 Å². The van der Waals surface area contributed by atoms with Gasteiger partial charge in [0.15, 0.2) is 0 Å². The lowest BCUT2D eigenvalue weighted by atomic mass is 10.1. The number of hydrogen-bond donors (Lipinski definition) is 4. The van der Waals surface area contributed by atoms with Crippen LogP contribution in [0.2, 0.25) is 0 Å². The molecule has 0 aromatic carbocycles. The first-order chi connectivity index (χ1) is 6.15. The van der Waals surface area contributed by atoms with Gasteiger partial charge in [-0.15, -0.1) is 0 Å². The van der Waals surface area contributed by atoms with Crippen LogP contribution in [0.3, 0.4) is 0 Å². The average Bonchev–Trinajstić information content (AvgIpc) is 2.51. The number of likely N-dealkylation sites (N-methyl/N-ethyl adjacent to an activating group) is 1. The molecular weight excluding hydrogens is 236 g/mol. The van der Waals surface area contributed by atoms with E-state index >= 15 is 0 Å². The fourth-order valence-electron chi connectivity index (χ4n) is 1.08. The zero-order valence-electron chi connectivity index (χ0n) is 7.29. The Hall–Kier alpha value is -0.360. The van der Waals surface area contributed by atoms with E-state index in [4.69, 9.17) is 0 Å². The van der Waals surface area contributed by atoms with Gasteiger partial charge >= 0.3 is 0 Å². The first kappa shape index (κ1) is 10.7. The smallest absolute Gasteiger partial charge is 0.121 e. The summed E-state index contributed by atoms with van der Waals surface area (Å²) < 4.78 is 0.859. The molecule has 1 aromatic heterocycles. The van der Waals surface area contributed by atoms with Gasteiger partial charge < -0.3 is 20.5 Å². The van der Waals surface area contributed by atoms with Crippen LogP contribution in [0.5, 0.6) is 0 Å². The summed E-state index contributed by atoms with van der Waals surface area (Å²) in [5, 5.41) is 21.8. The molecule has 1 aromatic rings. The van der Waals surface area contributed by atoms with E-state index in [1.54, 1.807) is 19.3 Å². The molecule has 4 nitrogen and oxygen atoms in total. The first-order valence-corrected chi connectivity index (χ1v) is 4.79. The molecule has 0 aliphatic heterocycles. The average molecular weight is 249 g/mol. The first-order valence-electron chi connectivity index (χ1n) is 3.99. The predicted octanol–water partition coefficient (Wildman–Crippen LogP) is 0.391. The molecular formula is C8H13BrN2O2. The van der Waals surface area contributed by atoms with Gasteiger partial charge in [0.1, 0.15) is 6.10 Å². The van der Waals surface area contributed by atoms with Crippen molar-refractivity contribution in [1.82, 2.24) is 10.3 Å². The summed E-state index contributed by atoms with van der Waals surface area (Å²) in [5.41, 5.74) is 0.606. The number of aliphatic hydroxyl groups excluding tert-OH is 2. The highest BCUT2D eigenvalue weighted by Gasteiger charge is 2.18. The van der Waals surface area contributed by atoms with Crippen molar-refractivity contribution in [3.05, 3.63) is 22.4 Å².